The molecule has 27 heavy (non-hydrogen) atoms. The van der Waals surface area contributed by atoms with Gasteiger partial charge < -0.3 is 9.47 Å². The Balaban J connectivity index is 1.68. The molecular formula is C23H25NO3. The Morgan fingerprint density at radius 3 is 2.78 bits per heavy atom. The molecule has 2 unspecified atom stereocenters. The first-order valence-electron chi connectivity index (χ1n) is 9.61. The Labute approximate surface area is 160 Å². The number of nitrogens with zero attached hydrogens (tertiary/aromatic N) is 1. The van der Waals surface area contributed by atoms with Crippen molar-refractivity contribution in [3.05, 3.63) is 41.7 Å². The summed E-state index contributed by atoms with van der Waals surface area (Å²) in [6.07, 6.45) is 5.08. The molecule has 4 rings (SSSR count). The molecule has 1 aliphatic carbocycles. The van der Waals surface area contributed by atoms with Crippen molar-refractivity contribution >= 4 is 16.7 Å². The van der Waals surface area contributed by atoms with E-state index in [0.717, 1.165) is 29.2 Å². The number of pyridine rings is 1. The van der Waals surface area contributed by atoms with Gasteiger partial charge in [-0.1, -0.05) is 31.8 Å². The van der Waals surface area contributed by atoms with Gasteiger partial charge in [0.05, 0.1) is 6.61 Å². The summed E-state index contributed by atoms with van der Waals surface area (Å²) in [5.74, 6) is 6.39. The number of carbonyl (C=O) groups excluding carboxylic acids is 1. The van der Waals surface area contributed by atoms with E-state index in [1.54, 1.807) is 19.2 Å². The molecule has 4 nitrogen and oxygen atoms in total. The van der Waals surface area contributed by atoms with E-state index in [0.29, 0.717) is 12.3 Å². The Bertz CT molecular complexity index is 984. The Hall–Kier alpha value is -2.38. The van der Waals surface area contributed by atoms with Crippen LogP contribution in [-0.2, 0) is 9.47 Å². The van der Waals surface area contributed by atoms with Gasteiger partial charge in [-0.25, -0.2) is 9.78 Å². The monoisotopic (exact) mass is 363 g/mol. The molecule has 1 aromatic carbocycles. The summed E-state index contributed by atoms with van der Waals surface area (Å²) in [5.41, 5.74) is 0.795. The van der Waals surface area contributed by atoms with Gasteiger partial charge >= 0.3 is 5.97 Å². The van der Waals surface area contributed by atoms with E-state index in [-0.39, 0.29) is 16.6 Å². The summed E-state index contributed by atoms with van der Waals surface area (Å²) in [7, 11) is 0. The molecule has 0 amide bonds. The van der Waals surface area contributed by atoms with Crippen molar-refractivity contribution in [2.75, 3.05) is 6.61 Å². The minimum absolute atomic E-state index is 0.0465. The summed E-state index contributed by atoms with van der Waals surface area (Å²) in [6.45, 7) is 8.81. The van der Waals surface area contributed by atoms with Gasteiger partial charge in [-0.2, -0.15) is 0 Å². The van der Waals surface area contributed by atoms with Gasteiger partial charge in [0.15, 0.2) is 5.60 Å². The topological polar surface area (TPSA) is 51.7 Å². The van der Waals surface area contributed by atoms with Crippen molar-refractivity contribution < 1.29 is 14.3 Å². The standard InChI is InChI=1S/C23H25NO3/c1-5-26-20(25)19-14-18-13-16(7-8-17(18)15-24-19)9-12-23-21(2,3)10-6-11-22(23,4)27-23/h7-8,13-15H,5-6,10-11H2,1-4H3. The molecule has 1 saturated heterocycles. The highest BCUT2D eigenvalue weighted by atomic mass is 16.6. The van der Waals surface area contributed by atoms with Crippen LogP contribution in [0.4, 0.5) is 0 Å². The fourth-order valence-corrected chi connectivity index (χ4v) is 4.46. The quantitative estimate of drug-likeness (QED) is 0.448. The van der Waals surface area contributed by atoms with Crippen LogP contribution in [0.1, 0.15) is 63.0 Å². The molecule has 2 fully saturated rings. The van der Waals surface area contributed by atoms with Crippen LogP contribution in [0.5, 0.6) is 0 Å². The molecule has 2 heterocycles. The summed E-state index contributed by atoms with van der Waals surface area (Å²) >= 11 is 0. The number of esters is 1. The van der Waals surface area contributed by atoms with Crippen LogP contribution >= 0.6 is 0 Å². The number of fused-ring (bicyclic) bond motifs is 2. The molecule has 2 aliphatic rings. The van der Waals surface area contributed by atoms with Gasteiger partial charge in [0.25, 0.3) is 0 Å². The molecule has 1 aliphatic heterocycles. The zero-order valence-electron chi connectivity index (χ0n) is 16.4. The zero-order valence-corrected chi connectivity index (χ0v) is 16.4. The van der Waals surface area contributed by atoms with E-state index >= 15 is 0 Å². The van der Waals surface area contributed by atoms with Crippen molar-refractivity contribution in [1.29, 1.82) is 0 Å². The zero-order chi connectivity index (χ0) is 19.3. The van der Waals surface area contributed by atoms with Crippen LogP contribution < -0.4 is 0 Å². The summed E-state index contributed by atoms with van der Waals surface area (Å²) in [5, 5.41) is 1.90. The Morgan fingerprint density at radius 1 is 1.22 bits per heavy atom. The third-order valence-electron chi connectivity index (χ3n) is 6.08. The van der Waals surface area contributed by atoms with E-state index in [1.165, 1.54) is 6.42 Å². The first kappa shape index (κ1) is 18.0. The maximum Gasteiger partial charge on any atom is 0.356 e. The van der Waals surface area contributed by atoms with Crippen LogP contribution in [0.15, 0.2) is 30.5 Å². The van der Waals surface area contributed by atoms with Crippen LogP contribution in [0.3, 0.4) is 0 Å². The van der Waals surface area contributed by atoms with Crippen molar-refractivity contribution in [3.63, 3.8) is 0 Å². The summed E-state index contributed by atoms with van der Waals surface area (Å²) in [4.78, 5) is 16.1. The number of hydrogen-bond donors (Lipinski definition) is 0. The highest BCUT2D eigenvalue weighted by Gasteiger charge is 2.74. The van der Waals surface area contributed by atoms with E-state index in [4.69, 9.17) is 9.47 Å². The lowest BCUT2D eigenvalue weighted by Gasteiger charge is -2.34. The minimum Gasteiger partial charge on any atom is -0.461 e. The molecule has 0 bridgehead atoms. The maximum absolute atomic E-state index is 11.9. The highest BCUT2D eigenvalue weighted by Crippen LogP contribution is 2.64. The van der Waals surface area contributed by atoms with Crippen LogP contribution in [0, 0.1) is 17.3 Å². The van der Waals surface area contributed by atoms with Gasteiger partial charge in [-0.15, -0.1) is 0 Å². The molecule has 1 aromatic heterocycles. The fraction of sp³-hybridized carbons (Fsp3) is 0.478. The molecule has 0 spiro atoms. The second-order valence-electron chi connectivity index (χ2n) is 8.35. The lowest BCUT2D eigenvalue weighted by molar-refractivity contribution is 0.0519. The van der Waals surface area contributed by atoms with Crippen molar-refractivity contribution in [2.24, 2.45) is 5.41 Å². The number of ether oxygens (including phenoxy) is 2. The largest absolute Gasteiger partial charge is 0.461 e. The smallest absolute Gasteiger partial charge is 0.356 e. The van der Waals surface area contributed by atoms with Gasteiger partial charge in [0, 0.05) is 22.6 Å². The van der Waals surface area contributed by atoms with E-state index in [9.17, 15) is 4.79 Å². The Kier molecular flexibility index (Phi) is 4.05. The van der Waals surface area contributed by atoms with Gasteiger partial charge in [0.1, 0.15) is 11.3 Å². The minimum atomic E-state index is -0.402. The van der Waals surface area contributed by atoms with Crippen LogP contribution in [0.25, 0.3) is 10.8 Å². The average Bonchev–Trinajstić information content (AvgIpc) is 3.27. The normalized spacial score (nSPS) is 28.0. The summed E-state index contributed by atoms with van der Waals surface area (Å²) < 4.78 is 11.3. The Morgan fingerprint density at radius 2 is 2.04 bits per heavy atom. The molecule has 0 radical (unpaired) electrons. The second-order valence-corrected chi connectivity index (χ2v) is 8.35. The molecule has 0 N–H and O–H groups in total. The molecule has 2 aromatic rings. The SMILES string of the molecule is CCOC(=O)c1cc2cc(C#CC34OC3(C)CCCC4(C)C)ccc2cn1. The first-order chi connectivity index (χ1) is 12.8. The van der Waals surface area contributed by atoms with Gasteiger partial charge in [-0.05, 0) is 56.7 Å². The average molecular weight is 363 g/mol. The predicted octanol–water partition coefficient (Wildman–Crippen LogP) is 4.50. The molecule has 1 saturated carbocycles. The van der Waals surface area contributed by atoms with E-state index in [2.05, 4.69) is 37.6 Å². The summed E-state index contributed by atoms with van der Waals surface area (Å²) in [6, 6.07) is 7.74. The molecule has 140 valence electrons. The molecule has 2 atom stereocenters. The second kappa shape index (κ2) is 6.07. The first-order valence-corrected chi connectivity index (χ1v) is 9.61. The maximum atomic E-state index is 11.9. The highest BCUT2D eigenvalue weighted by molar-refractivity contribution is 5.93. The third-order valence-corrected chi connectivity index (χ3v) is 6.08. The fourth-order valence-electron chi connectivity index (χ4n) is 4.46. The predicted molar refractivity (Wildman–Crippen MR) is 104 cm³/mol. The number of hydrogen-bond acceptors (Lipinski definition) is 4. The number of carbonyl (C=O) groups is 1. The molecule has 4 heteroatoms. The van der Waals surface area contributed by atoms with Gasteiger partial charge in [-0.3, -0.25) is 0 Å². The third kappa shape index (κ3) is 2.82. The van der Waals surface area contributed by atoms with Gasteiger partial charge in [0.2, 0.25) is 0 Å². The lowest BCUT2D eigenvalue weighted by Crippen LogP contribution is -2.41. The van der Waals surface area contributed by atoms with Crippen molar-refractivity contribution in [3.8, 4) is 11.8 Å². The van der Waals surface area contributed by atoms with Crippen LogP contribution in [-0.4, -0.2) is 28.8 Å². The van der Waals surface area contributed by atoms with Crippen molar-refractivity contribution in [2.45, 2.75) is 58.2 Å². The number of rotatable bonds is 2. The van der Waals surface area contributed by atoms with Crippen LogP contribution in [0.2, 0.25) is 0 Å². The van der Waals surface area contributed by atoms with E-state index < -0.39 is 5.97 Å². The lowest BCUT2D eigenvalue weighted by atomic mass is 9.64. The van der Waals surface area contributed by atoms with Crippen molar-refractivity contribution in [1.82, 2.24) is 4.98 Å². The number of aromatic nitrogens is 1. The van der Waals surface area contributed by atoms with E-state index in [1.807, 2.05) is 18.2 Å². The number of epoxide rings is 1. The molecular weight excluding hydrogens is 338 g/mol. The number of benzene rings is 1.